The van der Waals surface area contributed by atoms with Crippen molar-refractivity contribution in [2.24, 2.45) is 0 Å². The van der Waals surface area contributed by atoms with Gasteiger partial charge in [-0.2, -0.15) is 4.37 Å². The molecule has 2 aliphatic rings. The number of nitrogens with zero attached hydrogens (tertiary/aromatic N) is 2. The predicted octanol–water partition coefficient (Wildman–Crippen LogP) is 1.52. The van der Waals surface area contributed by atoms with Crippen molar-refractivity contribution in [2.45, 2.75) is 24.5 Å². The molecule has 2 fully saturated rings. The van der Waals surface area contributed by atoms with Crippen molar-refractivity contribution in [1.29, 1.82) is 0 Å². The minimum absolute atomic E-state index is 0.0516. The van der Waals surface area contributed by atoms with Gasteiger partial charge in [-0.3, -0.25) is 9.69 Å². The second kappa shape index (κ2) is 4.10. The average molecular weight is 273 g/mol. The van der Waals surface area contributed by atoms with E-state index in [0.29, 0.717) is 17.8 Å². The van der Waals surface area contributed by atoms with Crippen LogP contribution in [0.1, 0.15) is 16.9 Å². The molecule has 5 heteroatoms. The highest BCUT2D eigenvalue weighted by Crippen LogP contribution is 2.32. The van der Waals surface area contributed by atoms with Crippen molar-refractivity contribution < 1.29 is 4.79 Å². The summed E-state index contributed by atoms with van der Waals surface area (Å²) in [4.78, 5) is 15.0. The fourth-order valence-electron chi connectivity index (χ4n) is 3.38. The molecule has 1 aromatic carbocycles. The van der Waals surface area contributed by atoms with Crippen LogP contribution in [0.25, 0.3) is 10.1 Å². The van der Waals surface area contributed by atoms with Crippen LogP contribution < -0.4 is 5.32 Å². The standard InChI is InChI=1S/C14H15N3OS/c1-17-8-6-10(15-7-8)13(17)14(18)12-9-4-2-3-5-11(9)19-16-12/h2-5,8,10,13,15H,6-7H2,1H3/t8-,10+,13?/m0/s1. The first-order valence-electron chi connectivity index (χ1n) is 6.59. The summed E-state index contributed by atoms with van der Waals surface area (Å²) in [5, 5.41) is 4.43. The number of piperazine rings is 1. The number of hydrogen-bond donors (Lipinski definition) is 1. The molecule has 0 radical (unpaired) electrons. The minimum Gasteiger partial charge on any atom is -0.310 e. The van der Waals surface area contributed by atoms with Crippen LogP contribution in [0, 0.1) is 0 Å². The van der Waals surface area contributed by atoms with Crippen molar-refractivity contribution in [3.8, 4) is 0 Å². The molecule has 0 aliphatic carbocycles. The lowest BCUT2D eigenvalue weighted by Gasteiger charge is -2.30. The maximum atomic E-state index is 12.8. The molecule has 2 saturated heterocycles. The van der Waals surface area contributed by atoms with Gasteiger partial charge in [0.25, 0.3) is 0 Å². The van der Waals surface area contributed by atoms with Crippen LogP contribution in [0.5, 0.6) is 0 Å². The summed E-state index contributed by atoms with van der Waals surface area (Å²) in [6.45, 7) is 1.00. The molecule has 2 aliphatic heterocycles. The zero-order valence-electron chi connectivity index (χ0n) is 10.7. The van der Waals surface area contributed by atoms with Crippen LogP contribution in [-0.2, 0) is 0 Å². The molecule has 19 heavy (non-hydrogen) atoms. The van der Waals surface area contributed by atoms with E-state index < -0.39 is 0 Å². The Hall–Kier alpha value is -1.30. The van der Waals surface area contributed by atoms with Gasteiger partial charge in [-0.25, -0.2) is 0 Å². The molecule has 3 heterocycles. The van der Waals surface area contributed by atoms with Crippen molar-refractivity contribution >= 4 is 27.4 Å². The molecule has 2 aromatic rings. The Balaban J connectivity index is 1.74. The van der Waals surface area contributed by atoms with Crippen LogP contribution in [0.3, 0.4) is 0 Å². The number of Topliss-reactive ketones (excluding diaryl/α,β-unsaturated/α-hetero) is 1. The predicted molar refractivity (Wildman–Crippen MR) is 75.7 cm³/mol. The second-order valence-corrected chi connectivity index (χ2v) is 6.21. The van der Waals surface area contributed by atoms with Crippen LogP contribution in [0.4, 0.5) is 0 Å². The highest BCUT2D eigenvalue weighted by Gasteiger charge is 2.48. The Morgan fingerprint density at radius 3 is 3.11 bits per heavy atom. The number of fused-ring (bicyclic) bond motifs is 3. The van der Waals surface area contributed by atoms with Gasteiger partial charge in [-0.05, 0) is 31.1 Å². The zero-order chi connectivity index (χ0) is 13.0. The molecule has 98 valence electrons. The number of nitrogens with one attached hydrogen (secondary N) is 1. The van der Waals surface area contributed by atoms with E-state index in [0.717, 1.165) is 23.1 Å². The lowest BCUT2D eigenvalue weighted by molar-refractivity contribution is 0.0812. The summed E-state index contributed by atoms with van der Waals surface area (Å²) in [6, 6.07) is 8.71. The van der Waals surface area contributed by atoms with Crippen LogP contribution in [0.2, 0.25) is 0 Å². The van der Waals surface area contributed by atoms with E-state index in [-0.39, 0.29) is 11.8 Å². The van der Waals surface area contributed by atoms with Crippen LogP contribution >= 0.6 is 11.5 Å². The zero-order valence-corrected chi connectivity index (χ0v) is 11.5. The number of carbonyl (C=O) groups is 1. The SMILES string of the molecule is CN1C(C(=O)c2nsc3ccccc23)[C@H]2C[C@H]1CN2. The number of benzene rings is 1. The topological polar surface area (TPSA) is 45.2 Å². The quantitative estimate of drug-likeness (QED) is 0.843. The molecular weight excluding hydrogens is 258 g/mol. The monoisotopic (exact) mass is 273 g/mol. The number of hydrogen-bond acceptors (Lipinski definition) is 5. The fraction of sp³-hybridized carbons (Fsp3) is 0.429. The van der Waals surface area contributed by atoms with Crippen molar-refractivity contribution in [3.05, 3.63) is 30.0 Å². The van der Waals surface area contributed by atoms with Gasteiger partial charge < -0.3 is 5.32 Å². The van der Waals surface area contributed by atoms with E-state index in [9.17, 15) is 4.79 Å². The van der Waals surface area contributed by atoms with Crippen molar-refractivity contribution in [3.63, 3.8) is 0 Å². The molecule has 1 unspecified atom stereocenters. The van der Waals surface area contributed by atoms with E-state index in [1.54, 1.807) is 0 Å². The molecule has 4 nitrogen and oxygen atoms in total. The third-order valence-electron chi connectivity index (χ3n) is 4.42. The van der Waals surface area contributed by atoms with Gasteiger partial charge in [0.05, 0.1) is 10.7 Å². The van der Waals surface area contributed by atoms with Gasteiger partial charge in [0.2, 0.25) is 5.78 Å². The third-order valence-corrected chi connectivity index (χ3v) is 5.24. The molecule has 0 amide bonds. The van der Waals surface area contributed by atoms with E-state index in [4.69, 9.17) is 0 Å². The maximum Gasteiger partial charge on any atom is 0.201 e. The van der Waals surface area contributed by atoms with Crippen molar-refractivity contribution in [2.75, 3.05) is 13.6 Å². The Morgan fingerprint density at radius 1 is 1.47 bits per heavy atom. The number of likely N-dealkylation sites (N-methyl/N-ethyl adjacent to an activating group) is 1. The Bertz CT molecular complexity index is 651. The van der Waals surface area contributed by atoms with Gasteiger partial charge in [-0.15, -0.1) is 0 Å². The van der Waals surface area contributed by atoms with Gasteiger partial charge in [-0.1, -0.05) is 18.2 Å². The molecular formula is C14H15N3OS. The minimum atomic E-state index is -0.0516. The summed E-state index contributed by atoms with van der Waals surface area (Å²) < 4.78 is 5.48. The second-order valence-electron chi connectivity index (χ2n) is 5.41. The first-order valence-corrected chi connectivity index (χ1v) is 7.37. The van der Waals surface area contributed by atoms with Gasteiger partial charge in [0, 0.05) is 24.0 Å². The largest absolute Gasteiger partial charge is 0.310 e. The third kappa shape index (κ3) is 1.59. The first kappa shape index (κ1) is 11.5. The smallest absolute Gasteiger partial charge is 0.201 e. The normalized spacial score (nSPS) is 30.3. The van der Waals surface area contributed by atoms with E-state index in [1.807, 2.05) is 24.3 Å². The lowest BCUT2D eigenvalue weighted by Crippen LogP contribution is -2.53. The summed E-state index contributed by atoms with van der Waals surface area (Å²) in [7, 11) is 2.06. The highest BCUT2D eigenvalue weighted by molar-refractivity contribution is 7.13. The molecule has 1 N–H and O–H groups in total. The van der Waals surface area contributed by atoms with E-state index in [1.165, 1.54) is 11.5 Å². The Labute approximate surface area is 115 Å². The van der Waals surface area contributed by atoms with Crippen molar-refractivity contribution in [1.82, 2.24) is 14.6 Å². The average Bonchev–Trinajstić information content (AvgIpc) is 3.11. The van der Waals surface area contributed by atoms with E-state index in [2.05, 4.69) is 21.6 Å². The lowest BCUT2D eigenvalue weighted by atomic mass is 10.0. The number of likely N-dealkylation sites (tertiary alicyclic amines) is 1. The maximum absolute atomic E-state index is 12.8. The number of carbonyl (C=O) groups excluding carboxylic acids is 1. The molecule has 0 spiro atoms. The summed E-state index contributed by atoms with van der Waals surface area (Å²) in [5.41, 5.74) is 0.645. The molecule has 3 atom stereocenters. The van der Waals surface area contributed by atoms with Crippen LogP contribution in [0.15, 0.2) is 24.3 Å². The number of ketones is 1. The first-order chi connectivity index (χ1) is 9.25. The van der Waals surface area contributed by atoms with Gasteiger partial charge in [0.1, 0.15) is 5.69 Å². The molecule has 1 aromatic heterocycles. The Kier molecular flexibility index (Phi) is 2.48. The summed E-state index contributed by atoms with van der Waals surface area (Å²) in [6.07, 6.45) is 1.08. The highest BCUT2D eigenvalue weighted by atomic mass is 32.1. The molecule has 2 bridgehead atoms. The number of rotatable bonds is 2. The van der Waals surface area contributed by atoms with E-state index >= 15 is 0 Å². The molecule has 4 rings (SSSR count). The summed E-state index contributed by atoms with van der Waals surface area (Å²) in [5.74, 6) is 0.166. The fourth-order valence-corrected chi connectivity index (χ4v) is 4.16. The van der Waals surface area contributed by atoms with Gasteiger partial charge >= 0.3 is 0 Å². The number of aromatic nitrogens is 1. The Morgan fingerprint density at radius 2 is 2.32 bits per heavy atom. The molecule has 0 saturated carbocycles. The van der Waals surface area contributed by atoms with Gasteiger partial charge in [0.15, 0.2) is 0 Å². The summed E-state index contributed by atoms with van der Waals surface area (Å²) >= 11 is 1.41. The van der Waals surface area contributed by atoms with Crippen LogP contribution in [-0.4, -0.2) is 46.8 Å².